The van der Waals surface area contributed by atoms with Crippen LogP contribution in [0.4, 0.5) is 0 Å². The molecule has 0 unspecified atom stereocenters. The smallest absolute Gasteiger partial charge is 0.258 e. The minimum atomic E-state index is 0.421. The molecule has 0 radical (unpaired) electrons. The van der Waals surface area contributed by atoms with E-state index >= 15 is 0 Å². The Bertz CT molecular complexity index is 1150. The van der Waals surface area contributed by atoms with E-state index in [-0.39, 0.29) is 0 Å². The fourth-order valence-corrected chi connectivity index (χ4v) is 3.64. The van der Waals surface area contributed by atoms with Crippen molar-refractivity contribution in [3.05, 3.63) is 48.0 Å². The SMILES string of the molecule is N#Cc1ccc(-c2nc(-c3ccc4c(c3)nnn4C3CCCC3)no2)cc1. The Morgan fingerprint density at radius 2 is 1.81 bits per heavy atom. The molecule has 0 saturated heterocycles. The van der Waals surface area contributed by atoms with E-state index in [9.17, 15) is 0 Å². The minimum absolute atomic E-state index is 0.421. The monoisotopic (exact) mass is 356 g/mol. The third-order valence-corrected chi connectivity index (χ3v) is 5.09. The molecule has 1 aliphatic rings. The fourth-order valence-electron chi connectivity index (χ4n) is 3.64. The number of hydrogen-bond acceptors (Lipinski definition) is 6. The maximum absolute atomic E-state index is 8.90. The Balaban J connectivity index is 1.47. The van der Waals surface area contributed by atoms with Gasteiger partial charge in [0.05, 0.1) is 23.2 Å². The highest BCUT2D eigenvalue weighted by Gasteiger charge is 2.20. The summed E-state index contributed by atoms with van der Waals surface area (Å²) in [6.07, 6.45) is 4.84. The Kier molecular flexibility index (Phi) is 3.68. The molecular formula is C20H16N6O. The van der Waals surface area contributed by atoms with Crippen LogP contribution in [0.25, 0.3) is 33.9 Å². The van der Waals surface area contributed by atoms with Gasteiger partial charge < -0.3 is 4.52 Å². The van der Waals surface area contributed by atoms with Crippen LogP contribution in [0.15, 0.2) is 47.0 Å². The predicted molar refractivity (Wildman–Crippen MR) is 98.5 cm³/mol. The summed E-state index contributed by atoms with van der Waals surface area (Å²) >= 11 is 0. The van der Waals surface area contributed by atoms with E-state index in [1.54, 1.807) is 24.3 Å². The average molecular weight is 356 g/mol. The maximum Gasteiger partial charge on any atom is 0.258 e. The molecule has 2 aromatic heterocycles. The second kappa shape index (κ2) is 6.32. The van der Waals surface area contributed by atoms with Gasteiger partial charge in [-0.3, -0.25) is 0 Å². The summed E-state index contributed by atoms with van der Waals surface area (Å²) in [5, 5.41) is 21.7. The van der Waals surface area contributed by atoms with E-state index in [2.05, 4.69) is 26.5 Å². The van der Waals surface area contributed by atoms with Crippen molar-refractivity contribution >= 4 is 11.0 Å². The molecule has 7 heteroatoms. The molecule has 2 heterocycles. The normalized spacial score (nSPS) is 14.6. The van der Waals surface area contributed by atoms with Crippen LogP contribution in [-0.2, 0) is 0 Å². The van der Waals surface area contributed by atoms with Gasteiger partial charge in [-0.05, 0) is 55.3 Å². The van der Waals surface area contributed by atoms with Gasteiger partial charge in [0.2, 0.25) is 5.82 Å². The van der Waals surface area contributed by atoms with Crippen LogP contribution in [0.5, 0.6) is 0 Å². The summed E-state index contributed by atoms with van der Waals surface area (Å²) in [4.78, 5) is 4.48. The lowest BCUT2D eigenvalue weighted by Gasteiger charge is -2.09. The van der Waals surface area contributed by atoms with Crippen molar-refractivity contribution in [1.29, 1.82) is 5.26 Å². The molecule has 0 amide bonds. The molecule has 7 nitrogen and oxygen atoms in total. The first kappa shape index (κ1) is 15.7. The molecule has 132 valence electrons. The lowest BCUT2D eigenvalue weighted by molar-refractivity contribution is 0.432. The molecule has 0 N–H and O–H groups in total. The standard InChI is InChI=1S/C20H16N6O/c21-12-13-5-7-14(8-6-13)20-22-19(24-27-20)15-9-10-18-17(11-15)23-25-26(18)16-3-1-2-4-16/h5-11,16H,1-4H2. The van der Waals surface area contributed by atoms with Gasteiger partial charge in [0.15, 0.2) is 0 Å². The number of hydrogen-bond donors (Lipinski definition) is 0. The lowest BCUT2D eigenvalue weighted by Crippen LogP contribution is -2.06. The van der Waals surface area contributed by atoms with Crippen molar-refractivity contribution in [2.75, 3.05) is 0 Å². The van der Waals surface area contributed by atoms with Crippen molar-refractivity contribution in [2.24, 2.45) is 0 Å². The van der Waals surface area contributed by atoms with Gasteiger partial charge in [-0.25, -0.2) is 4.68 Å². The summed E-state index contributed by atoms with van der Waals surface area (Å²) < 4.78 is 7.44. The molecule has 1 aliphatic carbocycles. The Morgan fingerprint density at radius 1 is 1.04 bits per heavy atom. The van der Waals surface area contributed by atoms with Crippen LogP contribution >= 0.6 is 0 Å². The Morgan fingerprint density at radius 3 is 2.59 bits per heavy atom. The van der Waals surface area contributed by atoms with E-state index in [0.717, 1.165) is 22.2 Å². The van der Waals surface area contributed by atoms with Crippen molar-refractivity contribution in [3.63, 3.8) is 0 Å². The third-order valence-electron chi connectivity index (χ3n) is 5.09. The van der Waals surface area contributed by atoms with Crippen LogP contribution in [0, 0.1) is 11.3 Å². The van der Waals surface area contributed by atoms with Gasteiger partial charge in [-0.15, -0.1) is 5.10 Å². The highest BCUT2D eigenvalue weighted by Crippen LogP contribution is 2.32. The first-order valence-electron chi connectivity index (χ1n) is 9.01. The van der Waals surface area contributed by atoms with Gasteiger partial charge >= 0.3 is 0 Å². The van der Waals surface area contributed by atoms with Crippen LogP contribution in [-0.4, -0.2) is 25.1 Å². The van der Waals surface area contributed by atoms with E-state index < -0.39 is 0 Å². The first-order chi connectivity index (χ1) is 13.3. The molecule has 1 fully saturated rings. The van der Waals surface area contributed by atoms with E-state index in [1.807, 2.05) is 22.9 Å². The van der Waals surface area contributed by atoms with E-state index in [1.165, 1.54) is 25.7 Å². The van der Waals surface area contributed by atoms with Gasteiger partial charge in [-0.1, -0.05) is 23.2 Å². The predicted octanol–water partition coefficient (Wildman–Crippen LogP) is 4.14. The topological polar surface area (TPSA) is 93.4 Å². The molecule has 0 aliphatic heterocycles. The maximum atomic E-state index is 8.90. The summed E-state index contributed by atoms with van der Waals surface area (Å²) in [6.45, 7) is 0. The number of benzene rings is 2. The molecule has 0 spiro atoms. The Hall–Kier alpha value is -3.53. The van der Waals surface area contributed by atoms with Gasteiger partial charge in [0.25, 0.3) is 5.89 Å². The molecule has 1 saturated carbocycles. The molecule has 0 atom stereocenters. The highest BCUT2D eigenvalue weighted by molar-refractivity contribution is 5.80. The summed E-state index contributed by atoms with van der Waals surface area (Å²) in [6, 6.07) is 15.6. The van der Waals surface area contributed by atoms with Crippen molar-refractivity contribution in [2.45, 2.75) is 31.7 Å². The molecule has 5 rings (SSSR count). The number of aromatic nitrogens is 5. The van der Waals surface area contributed by atoms with Crippen molar-refractivity contribution < 1.29 is 4.52 Å². The fraction of sp³-hybridized carbons (Fsp3) is 0.250. The summed E-state index contributed by atoms with van der Waals surface area (Å²) in [7, 11) is 0. The second-order valence-corrected chi connectivity index (χ2v) is 6.79. The second-order valence-electron chi connectivity index (χ2n) is 6.79. The summed E-state index contributed by atoms with van der Waals surface area (Å²) in [5.41, 5.74) is 4.09. The molecule has 4 aromatic rings. The van der Waals surface area contributed by atoms with Crippen LogP contribution in [0.1, 0.15) is 37.3 Å². The van der Waals surface area contributed by atoms with Gasteiger partial charge in [-0.2, -0.15) is 10.2 Å². The third kappa shape index (κ3) is 2.75. The lowest BCUT2D eigenvalue weighted by atomic mass is 10.1. The molecule has 27 heavy (non-hydrogen) atoms. The van der Waals surface area contributed by atoms with Crippen molar-refractivity contribution in [3.8, 4) is 28.9 Å². The number of nitrogens with zero attached hydrogens (tertiary/aromatic N) is 6. The molecule has 2 aromatic carbocycles. The van der Waals surface area contributed by atoms with Gasteiger partial charge in [0.1, 0.15) is 5.52 Å². The van der Waals surface area contributed by atoms with E-state index in [0.29, 0.717) is 23.3 Å². The van der Waals surface area contributed by atoms with Crippen LogP contribution in [0.2, 0.25) is 0 Å². The number of fused-ring (bicyclic) bond motifs is 1. The Labute approximate surface area is 155 Å². The van der Waals surface area contributed by atoms with E-state index in [4.69, 9.17) is 9.78 Å². The highest BCUT2D eigenvalue weighted by atomic mass is 16.5. The zero-order valence-corrected chi connectivity index (χ0v) is 14.5. The zero-order chi connectivity index (χ0) is 18.2. The molecular weight excluding hydrogens is 340 g/mol. The van der Waals surface area contributed by atoms with Crippen LogP contribution < -0.4 is 0 Å². The quantitative estimate of drug-likeness (QED) is 0.548. The number of rotatable bonds is 3. The first-order valence-corrected chi connectivity index (χ1v) is 9.01. The average Bonchev–Trinajstić information content (AvgIpc) is 3.47. The molecule has 0 bridgehead atoms. The largest absolute Gasteiger partial charge is 0.334 e. The zero-order valence-electron chi connectivity index (χ0n) is 14.5. The minimum Gasteiger partial charge on any atom is -0.334 e. The van der Waals surface area contributed by atoms with Gasteiger partial charge in [0, 0.05) is 11.1 Å². The summed E-state index contributed by atoms with van der Waals surface area (Å²) in [5.74, 6) is 0.927. The van der Waals surface area contributed by atoms with Crippen molar-refractivity contribution in [1.82, 2.24) is 25.1 Å². The van der Waals surface area contributed by atoms with Crippen LogP contribution in [0.3, 0.4) is 0 Å². The number of nitriles is 1.